The van der Waals surface area contributed by atoms with E-state index in [0.29, 0.717) is 5.56 Å². The number of nitrogens with zero attached hydrogens (tertiary/aromatic N) is 1. The van der Waals surface area contributed by atoms with Gasteiger partial charge in [0.05, 0.1) is 12.1 Å². The van der Waals surface area contributed by atoms with Crippen molar-refractivity contribution >= 4 is 5.97 Å². The molecule has 1 fully saturated rings. The number of benzene rings is 1. The Morgan fingerprint density at radius 3 is 2.83 bits per heavy atom. The molecule has 0 aliphatic carbocycles. The maximum absolute atomic E-state index is 12.5. The van der Waals surface area contributed by atoms with Gasteiger partial charge in [0, 0.05) is 13.1 Å². The van der Waals surface area contributed by atoms with Crippen molar-refractivity contribution < 1.29 is 19.7 Å². The molecule has 23 heavy (non-hydrogen) atoms. The number of hydrogen-bond donors (Lipinski definition) is 2. The van der Waals surface area contributed by atoms with Crippen LogP contribution in [-0.4, -0.2) is 52.9 Å². The summed E-state index contributed by atoms with van der Waals surface area (Å²) in [6.45, 7) is 3.52. The molecule has 0 bridgehead atoms. The zero-order valence-corrected chi connectivity index (χ0v) is 13.3. The number of hydrogen-bond acceptors (Lipinski definition) is 5. The normalized spacial score (nSPS) is 26.5. The van der Waals surface area contributed by atoms with Gasteiger partial charge in [0.2, 0.25) is 0 Å². The van der Waals surface area contributed by atoms with Crippen molar-refractivity contribution in [2.75, 3.05) is 19.7 Å². The summed E-state index contributed by atoms with van der Waals surface area (Å²) in [6, 6.07) is 8.81. The van der Waals surface area contributed by atoms with Gasteiger partial charge in [-0.2, -0.15) is 0 Å². The first-order valence-corrected chi connectivity index (χ1v) is 8.12. The minimum absolute atomic E-state index is 0.0470. The van der Waals surface area contributed by atoms with Crippen LogP contribution in [0.3, 0.4) is 0 Å². The molecule has 3 rings (SSSR count). The third kappa shape index (κ3) is 2.92. The van der Waals surface area contributed by atoms with E-state index in [1.54, 1.807) is 31.2 Å². The predicted octanol–water partition coefficient (Wildman–Crippen LogP) is 1.20. The van der Waals surface area contributed by atoms with Crippen LogP contribution in [0.4, 0.5) is 0 Å². The summed E-state index contributed by atoms with van der Waals surface area (Å²) < 4.78 is 5.40. The molecule has 2 N–H and O–H groups in total. The molecule has 124 valence electrons. The highest BCUT2D eigenvalue weighted by molar-refractivity contribution is 5.81. The van der Waals surface area contributed by atoms with Gasteiger partial charge in [-0.15, -0.1) is 0 Å². The molecule has 0 amide bonds. The van der Waals surface area contributed by atoms with E-state index in [4.69, 9.17) is 4.74 Å². The van der Waals surface area contributed by atoms with Gasteiger partial charge < -0.3 is 14.9 Å². The predicted molar refractivity (Wildman–Crippen MR) is 85.7 cm³/mol. The molecule has 5 heteroatoms. The van der Waals surface area contributed by atoms with Gasteiger partial charge in [-0.05, 0) is 24.0 Å². The molecule has 2 aliphatic heterocycles. The molecule has 0 radical (unpaired) electrons. The zero-order chi connectivity index (χ0) is 16.4. The average Bonchev–Trinajstić information content (AvgIpc) is 3.16. The zero-order valence-electron chi connectivity index (χ0n) is 13.3. The Balaban J connectivity index is 1.67. The van der Waals surface area contributed by atoms with Crippen molar-refractivity contribution in [2.45, 2.75) is 37.5 Å². The summed E-state index contributed by atoms with van der Waals surface area (Å²) in [5.74, 6) is -0.641. The lowest BCUT2D eigenvalue weighted by atomic mass is 9.91. The Bertz CT molecular complexity index is 600. The lowest BCUT2D eigenvalue weighted by molar-refractivity contribution is -0.166. The summed E-state index contributed by atoms with van der Waals surface area (Å²) in [4.78, 5) is 14.6. The summed E-state index contributed by atoms with van der Waals surface area (Å²) in [6.07, 6.45) is 2.60. The van der Waals surface area contributed by atoms with E-state index < -0.39 is 17.7 Å². The first kappa shape index (κ1) is 16.2. The SMILES string of the molecule is CC[C@](O)(C(=O)OCC1=CCN2CC[C@H](O)[C@@H]12)c1ccccc1. The lowest BCUT2D eigenvalue weighted by Gasteiger charge is -2.26. The van der Waals surface area contributed by atoms with E-state index in [1.165, 1.54) is 0 Å². The van der Waals surface area contributed by atoms with Gasteiger partial charge in [-0.3, -0.25) is 4.90 Å². The number of esters is 1. The third-order valence-electron chi connectivity index (χ3n) is 4.91. The number of aliphatic hydroxyl groups excluding tert-OH is 1. The van der Waals surface area contributed by atoms with Crippen LogP contribution in [-0.2, 0) is 15.1 Å². The van der Waals surface area contributed by atoms with Gasteiger partial charge in [-0.1, -0.05) is 43.3 Å². The molecule has 0 aromatic heterocycles. The molecule has 0 unspecified atom stereocenters. The van der Waals surface area contributed by atoms with Crippen molar-refractivity contribution in [3.8, 4) is 0 Å². The van der Waals surface area contributed by atoms with Crippen molar-refractivity contribution in [1.82, 2.24) is 4.90 Å². The van der Waals surface area contributed by atoms with Gasteiger partial charge in [-0.25, -0.2) is 4.79 Å². The number of rotatable bonds is 5. The fourth-order valence-corrected chi connectivity index (χ4v) is 3.47. The summed E-state index contributed by atoms with van der Waals surface area (Å²) >= 11 is 0. The number of carbonyl (C=O) groups excluding carboxylic acids is 1. The Hall–Kier alpha value is -1.69. The number of carbonyl (C=O) groups is 1. The van der Waals surface area contributed by atoms with Crippen LogP contribution in [0.2, 0.25) is 0 Å². The molecule has 1 aromatic rings. The van der Waals surface area contributed by atoms with Crippen molar-refractivity contribution in [3.63, 3.8) is 0 Å². The minimum Gasteiger partial charge on any atom is -0.459 e. The number of fused-ring (bicyclic) bond motifs is 1. The fraction of sp³-hybridized carbons (Fsp3) is 0.500. The molecule has 2 aliphatic rings. The Morgan fingerprint density at radius 2 is 2.13 bits per heavy atom. The van der Waals surface area contributed by atoms with Crippen molar-refractivity contribution in [2.24, 2.45) is 0 Å². The topological polar surface area (TPSA) is 70.0 Å². The van der Waals surface area contributed by atoms with Gasteiger partial charge in [0.15, 0.2) is 5.60 Å². The Kier molecular flexibility index (Phi) is 4.53. The summed E-state index contributed by atoms with van der Waals surface area (Å²) in [5, 5.41) is 20.8. The Morgan fingerprint density at radius 1 is 1.39 bits per heavy atom. The van der Waals surface area contributed by atoms with Crippen LogP contribution < -0.4 is 0 Å². The van der Waals surface area contributed by atoms with Crippen LogP contribution in [0.5, 0.6) is 0 Å². The molecule has 0 saturated carbocycles. The monoisotopic (exact) mass is 317 g/mol. The quantitative estimate of drug-likeness (QED) is 0.631. The van der Waals surface area contributed by atoms with E-state index >= 15 is 0 Å². The smallest absolute Gasteiger partial charge is 0.343 e. The van der Waals surface area contributed by atoms with Crippen LogP contribution in [0.15, 0.2) is 42.0 Å². The maximum atomic E-state index is 12.5. The molecule has 0 spiro atoms. The Labute approximate surface area is 136 Å². The molecule has 3 atom stereocenters. The van der Waals surface area contributed by atoms with Gasteiger partial charge in [0.25, 0.3) is 0 Å². The van der Waals surface area contributed by atoms with E-state index in [2.05, 4.69) is 4.90 Å². The molecular formula is C18H23NO4. The van der Waals surface area contributed by atoms with E-state index in [9.17, 15) is 15.0 Å². The molecule has 5 nitrogen and oxygen atoms in total. The van der Waals surface area contributed by atoms with Crippen LogP contribution in [0.25, 0.3) is 0 Å². The molecule has 1 aromatic carbocycles. The second kappa shape index (κ2) is 6.43. The highest BCUT2D eigenvalue weighted by Crippen LogP contribution is 2.31. The van der Waals surface area contributed by atoms with Gasteiger partial charge >= 0.3 is 5.97 Å². The molecule has 2 heterocycles. The highest BCUT2D eigenvalue weighted by Gasteiger charge is 2.41. The van der Waals surface area contributed by atoms with Crippen LogP contribution in [0, 0.1) is 0 Å². The van der Waals surface area contributed by atoms with Gasteiger partial charge in [0.1, 0.15) is 6.61 Å². The minimum atomic E-state index is -1.63. The molecule has 1 saturated heterocycles. The molecular weight excluding hydrogens is 294 g/mol. The average molecular weight is 317 g/mol. The van der Waals surface area contributed by atoms with Crippen LogP contribution >= 0.6 is 0 Å². The first-order chi connectivity index (χ1) is 11.1. The number of ether oxygens (including phenoxy) is 1. The van der Waals surface area contributed by atoms with E-state index in [0.717, 1.165) is 25.1 Å². The second-order valence-electron chi connectivity index (χ2n) is 6.23. The van der Waals surface area contributed by atoms with Crippen molar-refractivity contribution in [3.05, 3.63) is 47.5 Å². The summed E-state index contributed by atoms with van der Waals surface area (Å²) in [7, 11) is 0. The first-order valence-electron chi connectivity index (χ1n) is 8.12. The maximum Gasteiger partial charge on any atom is 0.343 e. The summed E-state index contributed by atoms with van der Waals surface area (Å²) in [5.41, 5.74) is -0.167. The highest BCUT2D eigenvalue weighted by atomic mass is 16.5. The second-order valence-corrected chi connectivity index (χ2v) is 6.23. The van der Waals surface area contributed by atoms with E-state index in [-0.39, 0.29) is 19.1 Å². The largest absolute Gasteiger partial charge is 0.459 e. The van der Waals surface area contributed by atoms with Crippen LogP contribution in [0.1, 0.15) is 25.3 Å². The fourth-order valence-electron chi connectivity index (χ4n) is 3.47. The standard InChI is InChI=1S/C18H23NO4/c1-2-18(22,14-6-4-3-5-7-14)17(21)23-12-13-8-10-19-11-9-15(20)16(13)19/h3-8,15-16,20,22H,2,9-12H2,1H3/t15-,16+,18+/m0/s1. The lowest BCUT2D eigenvalue weighted by Crippen LogP contribution is -2.38. The van der Waals surface area contributed by atoms with Crippen molar-refractivity contribution in [1.29, 1.82) is 0 Å². The van der Waals surface area contributed by atoms with E-state index in [1.807, 2.05) is 12.1 Å². The number of aliphatic hydroxyl groups is 2. The third-order valence-corrected chi connectivity index (χ3v) is 4.91.